The lowest BCUT2D eigenvalue weighted by atomic mass is 10.0. The van der Waals surface area contributed by atoms with Crippen molar-refractivity contribution in [2.45, 2.75) is 62.1 Å². The number of nitrogens with one attached hydrogen (secondary N) is 1. The van der Waals surface area contributed by atoms with Gasteiger partial charge in [0.25, 0.3) is 0 Å². The summed E-state index contributed by atoms with van der Waals surface area (Å²) in [4.78, 5) is 24.0. The molecule has 3 N–H and O–H groups in total. The maximum absolute atomic E-state index is 12.2. The van der Waals surface area contributed by atoms with Gasteiger partial charge in [-0.15, -0.1) is 11.8 Å². The van der Waals surface area contributed by atoms with Crippen LogP contribution in [0.25, 0.3) is 0 Å². The van der Waals surface area contributed by atoms with Crippen molar-refractivity contribution >= 4 is 29.3 Å². The smallest absolute Gasteiger partial charge is 0.303 e. The molecule has 4 rings (SSSR count). The minimum absolute atomic E-state index is 0.000891. The van der Waals surface area contributed by atoms with Crippen LogP contribution in [-0.2, 0) is 25.7 Å². The summed E-state index contributed by atoms with van der Waals surface area (Å²) < 4.78 is 12.8. The first kappa shape index (κ1) is 27.9. The van der Waals surface area contributed by atoms with E-state index in [0.717, 1.165) is 22.4 Å². The fraction of sp³-hybridized carbons (Fsp3) is 0.333. The standard InChI is InChI=1S/C30H33NO6S/c32-19-21-10-12-22(13-11-21)27-18-25(20-38-26-6-2-1-3-7-26)36-30(37-27)23-14-16-24(17-15-23)31-28(33)8-4-5-9-29(34)35/h1-3,6-7,10-17,25,27,30,32H,4-5,8-9,18-20H2,(H,31,33)(H,34,35)/t25-,27+,30+/m0/s1. The number of benzene rings is 3. The van der Waals surface area contributed by atoms with Crippen molar-refractivity contribution in [1.82, 2.24) is 0 Å². The number of carbonyl (C=O) groups excluding carboxylic acids is 1. The number of unbranched alkanes of at least 4 members (excludes halogenated alkanes) is 1. The largest absolute Gasteiger partial charge is 0.481 e. The van der Waals surface area contributed by atoms with Crippen molar-refractivity contribution in [3.8, 4) is 0 Å². The average Bonchev–Trinajstić information content (AvgIpc) is 2.95. The third kappa shape index (κ3) is 8.43. The van der Waals surface area contributed by atoms with Crippen LogP contribution in [0.4, 0.5) is 5.69 Å². The molecular weight excluding hydrogens is 502 g/mol. The molecule has 0 aliphatic carbocycles. The summed E-state index contributed by atoms with van der Waals surface area (Å²) in [5, 5.41) is 21.0. The first-order valence-electron chi connectivity index (χ1n) is 12.8. The molecule has 7 nitrogen and oxygen atoms in total. The zero-order valence-electron chi connectivity index (χ0n) is 21.1. The van der Waals surface area contributed by atoms with E-state index in [2.05, 4.69) is 17.4 Å². The molecule has 1 saturated heterocycles. The first-order valence-corrected chi connectivity index (χ1v) is 13.8. The number of aliphatic carboxylic acids is 1. The molecule has 8 heteroatoms. The number of rotatable bonds is 12. The monoisotopic (exact) mass is 535 g/mol. The third-order valence-corrected chi connectivity index (χ3v) is 7.45. The van der Waals surface area contributed by atoms with Crippen molar-refractivity contribution < 1.29 is 29.3 Å². The van der Waals surface area contributed by atoms with E-state index in [1.54, 1.807) is 11.8 Å². The molecule has 1 fully saturated rings. The van der Waals surface area contributed by atoms with Gasteiger partial charge in [-0.25, -0.2) is 0 Å². The molecule has 1 amide bonds. The maximum Gasteiger partial charge on any atom is 0.303 e. The van der Waals surface area contributed by atoms with Gasteiger partial charge in [0.05, 0.1) is 18.8 Å². The zero-order chi connectivity index (χ0) is 26.7. The zero-order valence-corrected chi connectivity index (χ0v) is 21.9. The van der Waals surface area contributed by atoms with E-state index in [4.69, 9.17) is 14.6 Å². The summed E-state index contributed by atoms with van der Waals surface area (Å²) in [6.45, 7) is -0.000891. The summed E-state index contributed by atoms with van der Waals surface area (Å²) in [7, 11) is 0. The van der Waals surface area contributed by atoms with Crippen LogP contribution in [-0.4, -0.2) is 33.9 Å². The number of carboxylic acid groups (broad SMARTS) is 1. The average molecular weight is 536 g/mol. The number of hydrogen-bond donors (Lipinski definition) is 3. The van der Waals surface area contributed by atoms with Gasteiger partial charge in [-0.1, -0.05) is 54.6 Å². The molecule has 3 aromatic carbocycles. The molecule has 38 heavy (non-hydrogen) atoms. The first-order chi connectivity index (χ1) is 18.5. The lowest BCUT2D eigenvalue weighted by molar-refractivity contribution is -0.245. The molecule has 3 atom stereocenters. The number of amides is 1. The Labute approximate surface area is 227 Å². The topological polar surface area (TPSA) is 105 Å². The van der Waals surface area contributed by atoms with Gasteiger partial charge >= 0.3 is 5.97 Å². The van der Waals surface area contributed by atoms with E-state index >= 15 is 0 Å². The number of ether oxygens (including phenoxy) is 2. The predicted octanol–water partition coefficient (Wildman–Crippen LogP) is 6.10. The number of anilines is 1. The van der Waals surface area contributed by atoms with Crippen LogP contribution in [0, 0.1) is 0 Å². The maximum atomic E-state index is 12.2. The number of thioether (sulfide) groups is 1. The molecular formula is C30H33NO6S. The SMILES string of the molecule is O=C(O)CCCCC(=O)Nc1ccc([C@@H]2O[C@H](CSc3ccccc3)C[C@H](c3ccc(CO)cc3)O2)cc1. The second-order valence-corrected chi connectivity index (χ2v) is 10.3. The Kier molecular flexibility index (Phi) is 10.3. The summed E-state index contributed by atoms with van der Waals surface area (Å²) in [6, 6.07) is 25.5. The van der Waals surface area contributed by atoms with E-state index in [1.807, 2.05) is 66.7 Å². The van der Waals surface area contributed by atoms with Crippen LogP contribution in [0.1, 0.15) is 61.2 Å². The van der Waals surface area contributed by atoms with Crippen LogP contribution in [0.15, 0.2) is 83.8 Å². The highest BCUT2D eigenvalue weighted by molar-refractivity contribution is 7.99. The molecule has 200 valence electrons. The second-order valence-electron chi connectivity index (χ2n) is 9.25. The number of aliphatic hydroxyl groups excluding tert-OH is 1. The quantitative estimate of drug-likeness (QED) is 0.190. The Bertz CT molecular complexity index is 1170. The summed E-state index contributed by atoms with van der Waals surface area (Å²) in [6.07, 6.45) is 1.31. The molecule has 0 aromatic heterocycles. The molecule has 0 unspecified atom stereocenters. The fourth-order valence-corrected chi connectivity index (χ4v) is 5.18. The van der Waals surface area contributed by atoms with E-state index in [9.17, 15) is 14.7 Å². The molecule has 0 radical (unpaired) electrons. The summed E-state index contributed by atoms with van der Waals surface area (Å²) >= 11 is 1.75. The molecule has 1 aliphatic heterocycles. The van der Waals surface area contributed by atoms with Crippen molar-refractivity contribution in [1.29, 1.82) is 0 Å². The fourth-order valence-electron chi connectivity index (χ4n) is 4.24. The Balaban J connectivity index is 1.41. The molecule has 1 aliphatic rings. The minimum atomic E-state index is -0.849. The lowest BCUT2D eigenvalue weighted by Gasteiger charge is -2.36. The molecule has 0 saturated carbocycles. The van der Waals surface area contributed by atoms with Crippen molar-refractivity contribution in [3.05, 3.63) is 95.6 Å². The third-order valence-electron chi connectivity index (χ3n) is 6.31. The van der Waals surface area contributed by atoms with Crippen LogP contribution in [0.5, 0.6) is 0 Å². The predicted molar refractivity (Wildman–Crippen MR) is 147 cm³/mol. The van der Waals surface area contributed by atoms with E-state index < -0.39 is 12.3 Å². The van der Waals surface area contributed by atoms with Gasteiger partial charge in [0, 0.05) is 41.2 Å². The van der Waals surface area contributed by atoms with Crippen molar-refractivity contribution in [2.75, 3.05) is 11.1 Å². The van der Waals surface area contributed by atoms with Crippen LogP contribution in [0.2, 0.25) is 0 Å². The van der Waals surface area contributed by atoms with Gasteiger partial charge in [0.2, 0.25) is 5.91 Å². The van der Waals surface area contributed by atoms with Crippen molar-refractivity contribution in [2.24, 2.45) is 0 Å². The number of hydrogen-bond acceptors (Lipinski definition) is 6. The number of carbonyl (C=O) groups is 2. The summed E-state index contributed by atoms with van der Waals surface area (Å²) in [5.41, 5.74) is 3.42. The highest BCUT2D eigenvalue weighted by Gasteiger charge is 2.32. The van der Waals surface area contributed by atoms with E-state index in [-0.39, 0.29) is 37.6 Å². The molecule has 1 heterocycles. The minimum Gasteiger partial charge on any atom is -0.481 e. The van der Waals surface area contributed by atoms with Crippen LogP contribution < -0.4 is 5.32 Å². The number of carboxylic acids is 1. The van der Waals surface area contributed by atoms with Crippen LogP contribution in [0.3, 0.4) is 0 Å². The Morgan fingerprint density at radius 2 is 1.55 bits per heavy atom. The van der Waals surface area contributed by atoms with Gasteiger partial charge in [-0.3, -0.25) is 9.59 Å². The number of aliphatic hydroxyl groups is 1. The van der Waals surface area contributed by atoms with Gasteiger partial charge in [0.15, 0.2) is 6.29 Å². The van der Waals surface area contributed by atoms with Crippen LogP contribution >= 0.6 is 11.8 Å². The van der Waals surface area contributed by atoms with E-state index in [0.29, 0.717) is 24.9 Å². The van der Waals surface area contributed by atoms with Gasteiger partial charge in [-0.05, 0) is 48.2 Å². The summed E-state index contributed by atoms with van der Waals surface area (Å²) in [5.74, 6) is -0.207. The van der Waals surface area contributed by atoms with Gasteiger partial charge in [0.1, 0.15) is 0 Å². The highest BCUT2D eigenvalue weighted by atomic mass is 32.2. The molecule has 0 spiro atoms. The molecule has 0 bridgehead atoms. The Morgan fingerprint density at radius 3 is 2.24 bits per heavy atom. The normalized spacial score (nSPS) is 19.1. The Hall–Kier alpha value is -3.17. The van der Waals surface area contributed by atoms with Gasteiger partial charge in [-0.2, -0.15) is 0 Å². The molecule has 3 aromatic rings. The van der Waals surface area contributed by atoms with Crippen molar-refractivity contribution in [3.63, 3.8) is 0 Å². The van der Waals surface area contributed by atoms with E-state index in [1.165, 1.54) is 4.90 Å². The highest BCUT2D eigenvalue weighted by Crippen LogP contribution is 2.39. The lowest BCUT2D eigenvalue weighted by Crippen LogP contribution is -2.31. The van der Waals surface area contributed by atoms with Gasteiger partial charge < -0.3 is 25.0 Å². The second kappa shape index (κ2) is 14.1. The Morgan fingerprint density at radius 1 is 0.868 bits per heavy atom.